The Bertz CT molecular complexity index is 1530. The number of ether oxygens (including phenoxy) is 2. The number of fused-ring (bicyclic) bond motifs is 4. The van der Waals surface area contributed by atoms with Gasteiger partial charge in [0.25, 0.3) is 5.88 Å². The molecule has 3 aliphatic rings. The summed E-state index contributed by atoms with van der Waals surface area (Å²) in [6.45, 7) is 4.43. The first-order valence-electron chi connectivity index (χ1n) is 14.1. The first kappa shape index (κ1) is 30.2. The number of allylic oxidation sites excluding steroid dienone is 1. The van der Waals surface area contributed by atoms with Crippen LogP contribution in [-0.4, -0.2) is 64.7 Å². The molecule has 42 heavy (non-hydrogen) atoms. The topological polar surface area (TPSA) is 146 Å². The van der Waals surface area contributed by atoms with E-state index in [4.69, 9.17) is 14.0 Å². The minimum atomic E-state index is -2.49. The third-order valence-corrected chi connectivity index (χ3v) is 9.27. The lowest BCUT2D eigenvalue weighted by Gasteiger charge is -2.49. The highest BCUT2D eigenvalue weighted by atomic mass is 79.9. The quantitative estimate of drug-likeness (QED) is 0.348. The van der Waals surface area contributed by atoms with Gasteiger partial charge in [-0.2, -0.15) is 5.26 Å². The Balaban J connectivity index is 1.68. The Morgan fingerprint density at radius 1 is 1.19 bits per heavy atom. The number of aliphatic hydroxyl groups is 2. The zero-order valence-corrected chi connectivity index (χ0v) is 25.5. The number of Topliss-reactive ketones (excluding diaryl/α,β-unsaturated/α-hetero) is 2. The summed E-state index contributed by atoms with van der Waals surface area (Å²) >= 11 is 3.24. The second-order valence-electron chi connectivity index (χ2n) is 11.3. The molecule has 1 aromatic carbocycles. The normalized spacial score (nSPS) is 24.6. The number of carbonyl (C=O) groups is 2. The average molecular weight is 647 g/mol. The van der Waals surface area contributed by atoms with E-state index in [9.17, 15) is 25.1 Å². The number of carbonyl (C=O) groups excluding carboxylic acids is 2. The number of aromatic nitrogens is 1. The molecule has 12 heteroatoms. The number of unbranched alkanes of at least 4 members (excludes halogenated alkanes) is 2. The van der Waals surface area contributed by atoms with Crippen LogP contribution in [0.25, 0.3) is 0 Å². The van der Waals surface area contributed by atoms with Crippen molar-refractivity contribution < 1.29 is 38.2 Å². The van der Waals surface area contributed by atoms with Crippen molar-refractivity contribution in [1.82, 2.24) is 10.1 Å². The van der Waals surface area contributed by atoms with Crippen LogP contribution in [0.3, 0.4) is 0 Å². The van der Waals surface area contributed by atoms with E-state index >= 15 is 4.39 Å². The van der Waals surface area contributed by atoms with Crippen molar-refractivity contribution in [1.29, 1.82) is 5.26 Å². The van der Waals surface area contributed by atoms with Crippen LogP contribution >= 0.6 is 15.9 Å². The minimum Gasteiger partial charge on any atom is -0.508 e. The van der Waals surface area contributed by atoms with E-state index in [1.54, 1.807) is 19.0 Å². The SMILES string of the molecule is CCCCOc1noc2c1C(=O)[C@@]1(O)C(O)=C3C(=O)c4c(c(F)c(C#N)c(Br)c4OCCCC)C[C@H]3C[C@H]1[C@@H]2N(C)C. The second kappa shape index (κ2) is 11.4. The Kier molecular flexibility index (Phi) is 8.22. The van der Waals surface area contributed by atoms with Crippen LogP contribution in [0.5, 0.6) is 11.6 Å². The minimum absolute atomic E-state index is 0.000961. The van der Waals surface area contributed by atoms with Crippen LogP contribution in [0.2, 0.25) is 0 Å². The van der Waals surface area contributed by atoms with Crippen LogP contribution in [0.4, 0.5) is 4.39 Å². The molecule has 2 aromatic rings. The van der Waals surface area contributed by atoms with Gasteiger partial charge in [-0.3, -0.25) is 14.5 Å². The maximum Gasteiger partial charge on any atom is 0.265 e. The fraction of sp³-hybridized carbons (Fsp3) is 0.533. The van der Waals surface area contributed by atoms with Crippen molar-refractivity contribution in [3.63, 3.8) is 0 Å². The van der Waals surface area contributed by atoms with Gasteiger partial charge in [0.15, 0.2) is 17.1 Å². The molecule has 10 nitrogen and oxygen atoms in total. The van der Waals surface area contributed by atoms with Crippen LogP contribution in [0.1, 0.15) is 89.6 Å². The molecule has 4 atom stereocenters. The van der Waals surface area contributed by atoms with Crippen LogP contribution in [0, 0.1) is 29.0 Å². The van der Waals surface area contributed by atoms with E-state index in [0.29, 0.717) is 12.8 Å². The molecule has 0 radical (unpaired) electrons. The van der Waals surface area contributed by atoms with E-state index in [0.717, 1.165) is 12.8 Å². The number of nitriles is 1. The lowest BCUT2D eigenvalue weighted by atomic mass is 9.58. The summed E-state index contributed by atoms with van der Waals surface area (Å²) < 4.78 is 32.9. The predicted octanol–water partition coefficient (Wildman–Crippen LogP) is 5.22. The van der Waals surface area contributed by atoms with Gasteiger partial charge in [-0.1, -0.05) is 26.7 Å². The van der Waals surface area contributed by atoms with Gasteiger partial charge in [-0.15, -0.1) is 0 Å². The monoisotopic (exact) mass is 645 g/mol. The van der Waals surface area contributed by atoms with Crippen LogP contribution in [0.15, 0.2) is 20.3 Å². The molecule has 1 aromatic heterocycles. The standard InChI is InChI=1S/C30H33BrFN3O7/c1-5-7-9-40-25-19-15(22(32)16(13-33)21(25)31)11-14-12-17-23(35(3)4)26-20(29(34-42-26)41-10-8-6-2)28(38)30(17,39)27(37)18(14)24(19)36/h14,17,23,37,39H,5-12H2,1-4H3/t14-,17-,23-,30-/m0/s1. The zero-order chi connectivity index (χ0) is 30.5. The number of rotatable bonds is 9. The van der Waals surface area contributed by atoms with Crippen molar-refractivity contribution >= 4 is 27.5 Å². The third-order valence-electron chi connectivity index (χ3n) is 8.51. The molecule has 0 aliphatic heterocycles. The summed E-state index contributed by atoms with van der Waals surface area (Å²) in [5.74, 6) is -4.84. The van der Waals surface area contributed by atoms with E-state index in [-0.39, 0.29) is 75.7 Å². The summed E-state index contributed by atoms with van der Waals surface area (Å²) in [4.78, 5) is 29.9. The summed E-state index contributed by atoms with van der Waals surface area (Å²) in [5.41, 5.74) is -3.13. The molecular weight excluding hydrogens is 613 g/mol. The highest BCUT2D eigenvalue weighted by molar-refractivity contribution is 9.10. The first-order valence-corrected chi connectivity index (χ1v) is 14.9. The number of hydrogen-bond acceptors (Lipinski definition) is 10. The number of aliphatic hydroxyl groups excluding tert-OH is 1. The molecule has 0 fully saturated rings. The Morgan fingerprint density at radius 2 is 1.86 bits per heavy atom. The molecule has 0 saturated carbocycles. The molecule has 0 unspecified atom stereocenters. The average Bonchev–Trinajstić information content (AvgIpc) is 3.36. The van der Waals surface area contributed by atoms with Gasteiger partial charge in [-0.25, -0.2) is 4.39 Å². The number of hydrogen-bond donors (Lipinski definition) is 2. The lowest BCUT2D eigenvalue weighted by Crippen LogP contribution is -2.59. The number of nitrogens with zero attached hydrogens (tertiary/aromatic N) is 3. The summed E-state index contributed by atoms with van der Waals surface area (Å²) in [7, 11) is 3.47. The zero-order valence-electron chi connectivity index (χ0n) is 23.9. The second-order valence-corrected chi connectivity index (χ2v) is 12.1. The van der Waals surface area contributed by atoms with Crippen molar-refractivity contribution in [2.24, 2.45) is 11.8 Å². The van der Waals surface area contributed by atoms with Crippen LogP contribution in [-0.2, 0) is 6.42 Å². The van der Waals surface area contributed by atoms with Gasteiger partial charge in [-0.05, 0) is 66.8 Å². The summed E-state index contributed by atoms with van der Waals surface area (Å²) in [6.07, 6.45) is 2.99. The Morgan fingerprint density at radius 3 is 2.48 bits per heavy atom. The molecule has 1 heterocycles. The maximum atomic E-state index is 15.7. The third kappa shape index (κ3) is 4.36. The molecule has 0 spiro atoms. The fourth-order valence-electron chi connectivity index (χ4n) is 6.44. The van der Waals surface area contributed by atoms with Crippen molar-refractivity contribution in [2.75, 3.05) is 27.3 Å². The van der Waals surface area contributed by atoms with E-state index in [1.165, 1.54) is 0 Å². The Hall–Kier alpha value is -3.27. The highest BCUT2D eigenvalue weighted by Crippen LogP contribution is 2.57. The van der Waals surface area contributed by atoms with Crippen molar-refractivity contribution in [3.8, 4) is 17.7 Å². The fourth-order valence-corrected chi connectivity index (χ4v) is 7.02. The molecule has 0 amide bonds. The largest absolute Gasteiger partial charge is 0.508 e. The Labute approximate surface area is 251 Å². The van der Waals surface area contributed by atoms with E-state index < -0.39 is 46.6 Å². The molecule has 0 bridgehead atoms. The molecule has 3 aliphatic carbocycles. The maximum absolute atomic E-state index is 15.7. The molecular formula is C30H33BrFN3O7. The molecule has 5 rings (SSSR count). The van der Waals surface area contributed by atoms with Gasteiger partial charge in [0.1, 0.15) is 34.5 Å². The lowest BCUT2D eigenvalue weighted by molar-refractivity contribution is -0.0559. The van der Waals surface area contributed by atoms with Crippen molar-refractivity contribution in [3.05, 3.63) is 49.6 Å². The van der Waals surface area contributed by atoms with Gasteiger partial charge < -0.3 is 24.2 Å². The molecule has 2 N–H and O–H groups in total. The number of ketones is 2. The summed E-state index contributed by atoms with van der Waals surface area (Å²) in [5, 5.41) is 37.5. The van der Waals surface area contributed by atoms with Gasteiger partial charge in [0.05, 0.1) is 29.3 Å². The molecule has 224 valence electrons. The summed E-state index contributed by atoms with van der Waals surface area (Å²) in [6, 6.07) is 1.13. The van der Waals surface area contributed by atoms with Crippen LogP contribution < -0.4 is 9.47 Å². The van der Waals surface area contributed by atoms with E-state index in [1.807, 2.05) is 19.9 Å². The number of halogens is 2. The van der Waals surface area contributed by atoms with Gasteiger partial charge in [0, 0.05) is 17.1 Å². The number of benzene rings is 1. The van der Waals surface area contributed by atoms with Gasteiger partial charge >= 0.3 is 0 Å². The highest BCUT2D eigenvalue weighted by Gasteiger charge is 2.64. The first-order chi connectivity index (χ1) is 20.0. The van der Waals surface area contributed by atoms with Gasteiger partial charge in [0.2, 0.25) is 5.78 Å². The smallest absolute Gasteiger partial charge is 0.265 e. The predicted molar refractivity (Wildman–Crippen MR) is 151 cm³/mol. The van der Waals surface area contributed by atoms with Crippen molar-refractivity contribution in [2.45, 2.75) is 64.0 Å². The van der Waals surface area contributed by atoms with E-state index in [2.05, 4.69) is 21.1 Å². The molecule has 0 saturated heterocycles.